The van der Waals surface area contributed by atoms with E-state index in [0.717, 1.165) is 29.5 Å². The molecule has 0 spiro atoms. The third kappa shape index (κ3) is 5.32. The largest absolute Gasteiger partial charge is 0.772 e. The van der Waals surface area contributed by atoms with Crippen molar-refractivity contribution in [3.63, 3.8) is 0 Å². The molecule has 0 radical (unpaired) electrons. The van der Waals surface area contributed by atoms with E-state index in [1.807, 2.05) is 18.2 Å². The predicted octanol–water partition coefficient (Wildman–Crippen LogP) is 5.05. The molecule has 1 aliphatic rings. The number of benzene rings is 2. The Bertz CT molecular complexity index is 1140. The Morgan fingerprint density at radius 1 is 1.10 bits per heavy atom. The third-order valence-electron chi connectivity index (χ3n) is 5.90. The first-order valence-corrected chi connectivity index (χ1v) is 12.2. The van der Waals surface area contributed by atoms with Crippen molar-refractivity contribution in [2.45, 2.75) is 44.3 Å². The SMILES string of the molecule is O=c1c(CC2CCCCC2)c(-c2ccc(CS(=O)[O-])cc2)cnn1-c1cccc(Cl)c1. The second kappa shape index (κ2) is 9.90. The number of hydrogen-bond donors (Lipinski definition) is 0. The van der Waals surface area contributed by atoms with Crippen LogP contribution in [0.2, 0.25) is 5.02 Å². The van der Waals surface area contributed by atoms with Gasteiger partial charge in [-0.25, -0.2) is 0 Å². The second-order valence-electron chi connectivity index (χ2n) is 8.09. The first-order chi connectivity index (χ1) is 15.0. The number of nitrogens with zero attached hydrogens (tertiary/aromatic N) is 2. The van der Waals surface area contributed by atoms with Gasteiger partial charge in [0.1, 0.15) is 0 Å². The van der Waals surface area contributed by atoms with Gasteiger partial charge in [-0.05, 0) is 41.7 Å². The zero-order chi connectivity index (χ0) is 21.8. The Labute approximate surface area is 189 Å². The molecule has 0 N–H and O–H groups in total. The minimum Gasteiger partial charge on any atom is -0.772 e. The van der Waals surface area contributed by atoms with Crippen molar-refractivity contribution in [3.8, 4) is 16.8 Å². The number of aromatic nitrogens is 2. The van der Waals surface area contributed by atoms with Crippen LogP contribution in [0.1, 0.15) is 43.2 Å². The van der Waals surface area contributed by atoms with Gasteiger partial charge in [-0.3, -0.25) is 9.00 Å². The van der Waals surface area contributed by atoms with Crippen LogP contribution in [0, 0.1) is 5.92 Å². The van der Waals surface area contributed by atoms with Gasteiger partial charge in [0, 0.05) is 21.9 Å². The molecule has 1 aromatic heterocycles. The Balaban J connectivity index is 1.77. The van der Waals surface area contributed by atoms with Gasteiger partial charge in [-0.1, -0.05) is 85.1 Å². The summed E-state index contributed by atoms with van der Waals surface area (Å²) in [4.78, 5) is 13.5. The third-order valence-corrected chi connectivity index (χ3v) is 6.70. The second-order valence-corrected chi connectivity index (χ2v) is 9.42. The maximum Gasteiger partial charge on any atom is 0.275 e. The van der Waals surface area contributed by atoms with Crippen molar-refractivity contribution >= 4 is 22.7 Å². The monoisotopic (exact) mass is 455 g/mol. The van der Waals surface area contributed by atoms with E-state index in [-0.39, 0.29) is 11.3 Å². The first-order valence-electron chi connectivity index (χ1n) is 10.5. The highest BCUT2D eigenvalue weighted by Crippen LogP contribution is 2.30. The molecule has 1 aliphatic carbocycles. The fraction of sp³-hybridized carbons (Fsp3) is 0.333. The Morgan fingerprint density at radius 3 is 2.52 bits per heavy atom. The highest BCUT2D eigenvalue weighted by Gasteiger charge is 2.20. The molecule has 2 aromatic carbocycles. The van der Waals surface area contributed by atoms with Crippen LogP contribution in [0.3, 0.4) is 0 Å². The smallest absolute Gasteiger partial charge is 0.275 e. The number of hydrogen-bond acceptors (Lipinski definition) is 4. The van der Waals surface area contributed by atoms with Crippen LogP contribution < -0.4 is 5.56 Å². The summed E-state index contributed by atoms with van der Waals surface area (Å²) in [7, 11) is 0. The molecule has 3 aromatic rings. The van der Waals surface area contributed by atoms with E-state index in [1.165, 1.54) is 23.9 Å². The van der Waals surface area contributed by atoms with Crippen LogP contribution in [0.5, 0.6) is 0 Å². The lowest BCUT2D eigenvalue weighted by molar-refractivity contribution is 0.355. The average molecular weight is 456 g/mol. The highest BCUT2D eigenvalue weighted by atomic mass is 35.5. The van der Waals surface area contributed by atoms with Crippen LogP contribution >= 0.6 is 11.6 Å². The van der Waals surface area contributed by atoms with Crippen molar-refractivity contribution in [1.82, 2.24) is 9.78 Å². The van der Waals surface area contributed by atoms with Crippen molar-refractivity contribution in [1.29, 1.82) is 0 Å². The van der Waals surface area contributed by atoms with Gasteiger partial charge in [0.15, 0.2) is 0 Å². The lowest BCUT2D eigenvalue weighted by Gasteiger charge is -2.23. The van der Waals surface area contributed by atoms with Crippen molar-refractivity contribution < 1.29 is 8.76 Å². The summed E-state index contributed by atoms with van der Waals surface area (Å²) in [6.07, 6.45) is 8.38. The lowest BCUT2D eigenvalue weighted by Crippen LogP contribution is -2.27. The van der Waals surface area contributed by atoms with Gasteiger partial charge in [0.05, 0.1) is 11.9 Å². The minimum atomic E-state index is -2.13. The molecule has 1 unspecified atom stereocenters. The summed E-state index contributed by atoms with van der Waals surface area (Å²) in [6.45, 7) is 0. The molecule has 4 rings (SSSR count). The lowest BCUT2D eigenvalue weighted by atomic mass is 9.83. The van der Waals surface area contributed by atoms with Gasteiger partial charge in [-0.2, -0.15) is 9.78 Å². The summed E-state index contributed by atoms with van der Waals surface area (Å²) < 4.78 is 23.4. The molecule has 5 nitrogen and oxygen atoms in total. The molecule has 0 amide bonds. The van der Waals surface area contributed by atoms with Crippen LogP contribution in [0.15, 0.2) is 59.5 Å². The highest BCUT2D eigenvalue weighted by molar-refractivity contribution is 7.78. The van der Waals surface area contributed by atoms with E-state index >= 15 is 0 Å². The number of halogens is 1. The van der Waals surface area contributed by atoms with Gasteiger partial charge in [0.25, 0.3) is 5.56 Å². The van der Waals surface area contributed by atoms with Gasteiger partial charge in [-0.15, -0.1) is 0 Å². The quantitative estimate of drug-likeness (QED) is 0.487. The molecule has 0 saturated heterocycles. The molecule has 0 bridgehead atoms. The van der Waals surface area contributed by atoms with Gasteiger partial charge < -0.3 is 4.55 Å². The minimum absolute atomic E-state index is 0.0240. The fourth-order valence-corrected chi connectivity index (χ4v) is 4.97. The zero-order valence-corrected chi connectivity index (χ0v) is 18.7. The van der Waals surface area contributed by atoms with E-state index < -0.39 is 11.1 Å². The topological polar surface area (TPSA) is 75.0 Å². The van der Waals surface area contributed by atoms with Gasteiger partial charge in [0.2, 0.25) is 0 Å². The maximum absolute atomic E-state index is 13.5. The molecule has 1 saturated carbocycles. The standard InChI is InChI=1S/C24H25ClN2O3S/c25-20-7-4-8-21(14-20)27-24(28)22(13-17-5-2-1-3-6-17)23(15-26-27)19-11-9-18(10-12-19)16-31(29)30/h4,7-12,14-15,17H,1-3,5-6,13,16H2,(H,29,30)/p-1. The van der Waals surface area contributed by atoms with Crippen molar-refractivity contribution in [3.05, 3.63) is 81.2 Å². The fourth-order valence-electron chi connectivity index (χ4n) is 4.32. The molecule has 1 fully saturated rings. The summed E-state index contributed by atoms with van der Waals surface area (Å²) in [5.41, 5.74) is 3.66. The average Bonchev–Trinajstić information content (AvgIpc) is 2.76. The Kier molecular flexibility index (Phi) is 7.00. The molecule has 0 aliphatic heterocycles. The summed E-state index contributed by atoms with van der Waals surface area (Å²) in [6, 6.07) is 14.4. The normalized spacial score (nSPS) is 15.7. The molecular weight excluding hydrogens is 432 g/mol. The van der Waals surface area contributed by atoms with E-state index in [4.69, 9.17) is 11.6 Å². The van der Waals surface area contributed by atoms with Crippen molar-refractivity contribution in [2.75, 3.05) is 0 Å². The van der Waals surface area contributed by atoms with Crippen LogP contribution in [-0.2, 0) is 23.3 Å². The van der Waals surface area contributed by atoms with Crippen LogP contribution in [0.4, 0.5) is 0 Å². The van der Waals surface area contributed by atoms with Crippen LogP contribution in [-0.4, -0.2) is 18.5 Å². The molecular formula is C24H24ClN2O3S-. The Morgan fingerprint density at radius 2 is 1.84 bits per heavy atom. The maximum atomic E-state index is 13.5. The van der Waals surface area contributed by atoms with E-state index in [9.17, 15) is 13.6 Å². The van der Waals surface area contributed by atoms with E-state index in [1.54, 1.807) is 36.5 Å². The molecule has 162 valence electrons. The van der Waals surface area contributed by atoms with Gasteiger partial charge >= 0.3 is 0 Å². The molecule has 1 heterocycles. The summed E-state index contributed by atoms with van der Waals surface area (Å²) >= 11 is 4.00. The predicted molar refractivity (Wildman–Crippen MR) is 123 cm³/mol. The molecule has 7 heteroatoms. The van der Waals surface area contributed by atoms with Crippen LogP contribution in [0.25, 0.3) is 16.8 Å². The van der Waals surface area contributed by atoms with E-state index in [0.29, 0.717) is 28.6 Å². The summed E-state index contributed by atoms with van der Waals surface area (Å²) in [5.74, 6) is 0.460. The first kappa shape index (κ1) is 21.9. The Hall–Kier alpha value is -2.28. The zero-order valence-electron chi connectivity index (χ0n) is 17.1. The molecule has 1 atom stereocenters. The van der Waals surface area contributed by atoms with E-state index in [2.05, 4.69) is 5.10 Å². The summed E-state index contributed by atoms with van der Waals surface area (Å²) in [5, 5.41) is 4.99. The van der Waals surface area contributed by atoms with Crippen molar-refractivity contribution in [2.24, 2.45) is 5.92 Å². The number of rotatable bonds is 6. The molecule has 31 heavy (non-hydrogen) atoms.